The third-order valence-electron chi connectivity index (χ3n) is 6.78. The second-order valence-electron chi connectivity index (χ2n) is 9.95. The smallest absolute Gasteiger partial charge is 0.303 e. The van der Waals surface area contributed by atoms with Gasteiger partial charge in [-0.25, -0.2) is 9.25 Å². The summed E-state index contributed by atoms with van der Waals surface area (Å²) in [5.74, 6) is -2.86. The fourth-order valence-corrected chi connectivity index (χ4v) is 5.49. The highest BCUT2D eigenvalue weighted by molar-refractivity contribution is 7.71. The summed E-state index contributed by atoms with van der Waals surface area (Å²) in [6.45, 7) is 4.15. The first-order chi connectivity index (χ1) is 21.0. The van der Waals surface area contributed by atoms with E-state index in [1.54, 1.807) is 59.0 Å². The molecule has 5 rings (SSSR count). The molecule has 0 amide bonds. The molecule has 2 aromatic heterocycles. The largest absolute Gasteiger partial charge is 0.463 e. The number of fused-ring (bicyclic) bond motifs is 3. The number of benzene rings is 2. The maximum atomic E-state index is 13.8. The number of carbonyl (C=O) groups excluding carboxylic acids is 4. The van der Waals surface area contributed by atoms with Gasteiger partial charge in [0.25, 0.3) is 5.56 Å². The minimum Gasteiger partial charge on any atom is -0.463 e. The number of hydrogen-bond donors (Lipinski definition) is 0. The molecule has 0 spiro atoms. The molecule has 1 aliphatic rings. The van der Waals surface area contributed by atoms with Gasteiger partial charge < -0.3 is 23.7 Å². The third kappa shape index (κ3) is 5.83. The predicted octanol–water partition coefficient (Wildman–Crippen LogP) is 2.42. The van der Waals surface area contributed by atoms with E-state index < -0.39 is 61.1 Å². The van der Waals surface area contributed by atoms with E-state index in [2.05, 4.69) is 5.10 Å². The van der Waals surface area contributed by atoms with Gasteiger partial charge in [0, 0.05) is 27.7 Å². The predicted molar refractivity (Wildman–Crippen MR) is 154 cm³/mol. The molecule has 0 unspecified atom stereocenters. The van der Waals surface area contributed by atoms with E-state index in [0.29, 0.717) is 16.6 Å². The monoisotopic (exact) mass is 624 g/mol. The van der Waals surface area contributed by atoms with Crippen LogP contribution in [0.25, 0.3) is 22.4 Å². The van der Waals surface area contributed by atoms with Crippen molar-refractivity contribution in [1.29, 1.82) is 0 Å². The van der Waals surface area contributed by atoms with Gasteiger partial charge in [0.05, 0.1) is 16.6 Å². The molecule has 15 heteroatoms. The summed E-state index contributed by atoms with van der Waals surface area (Å²) in [5, 5.41) is 5.02. The first kappa shape index (κ1) is 30.6. The quantitative estimate of drug-likeness (QED) is 0.168. The number of nitrogens with zero attached hydrogens (tertiary/aromatic N) is 4. The normalized spacial score (nSPS) is 21.5. The molecule has 0 bridgehead atoms. The molecule has 14 nitrogen and oxygen atoms in total. The van der Waals surface area contributed by atoms with Gasteiger partial charge in [-0.3, -0.25) is 28.4 Å². The zero-order chi connectivity index (χ0) is 31.7. The summed E-state index contributed by atoms with van der Waals surface area (Å²) in [6.07, 6.45) is -6.86. The van der Waals surface area contributed by atoms with Crippen LogP contribution >= 0.6 is 12.2 Å². The van der Waals surface area contributed by atoms with Gasteiger partial charge in [-0.2, -0.15) is 0 Å². The minimum atomic E-state index is -1.45. The highest BCUT2D eigenvalue weighted by Gasteiger charge is 2.53. The van der Waals surface area contributed by atoms with E-state index in [0.717, 1.165) is 20.8 Å². The van der Waals surface area contributed by atoms with Crippen molar-refractivity contribution in [3.63, 3.8) is 0 Å². The van der Waals surface area contributed by atoms with Crippen LogP contribution in [0.3, 0.4) is 0 Å². The summed E-state index contributed by atoms with van der Waals surface area (Å²) in [4.78, 5) is 62.2. The molecule has 230 valence electrons. The Balaban J connectivity index is 1.78. The maximum Gasteiger partial charge on any atom is 0.303 e. The summed E-state index contributed by atoms with van der Waals surface area (Å²) in [5.41, 5.74) is 0.580. The zero-order valence-electron chi connectivity index (χ0n) is 24.1. The Hall–Kier alpha value is -4.89. The van der Waals surface area contributed by atoms with Crippen LogP contribution in [0.1, 0.15) is 33.9 Å². The molecule has 4 aromatic rings. The van der Waals surface area contributed by atoms with Gasteiger partial charge in [-0.15, -0.1) is 5.10 Å². The lowest BCUT2D eigenvalue weighted by Gasteiger charge is -2.44. The topological polar surface area (TPSA) is 159 Å². The molecule has 0 N–H and O–H groups in total. The van der Waals surface area contributed by atoms with Crippen LogP contribution in [0.15, 0.2) is 59.4 Å². The zero-order valence-corrected chi connectivity index (χ0v) is 24.9. The summed E-state index contributed by atoms with van der Waals surface area (Å²) >= 11 is 5.87. The van der Waals surface area contributed by atoms with Crippen molar-refractivity contribution >= 4 is 52.8 Å². The lowest BCUT2D eigenvalue weighted by atomic mass is 9.97. The van der Waals surface area contributed by atoms with Gasteiger partial charge in [-0.05, 0) is 36.5 Å². The van der Waals surface area contributed by atoms with E-state index in [1.165, 1.54) is 16.2 Å². The summed E-state index contributed by atoms with van der Waals surface area (Å²) in [7, 11) is 0. The Morgan fingerprint density at radius 1 is 0.818 bits per heavy atom. The number of aromatic nitrogens is 4. The number of carbonyl (C=O) groups is 4. The number of rotatable bonds is 7. The molecule has 0 saturated carbocycles. The van der Waals surface area contributed by atoms with Gasteiger partial charge in [0.15, 0.2) is 24.5 Å². The second-order valence-corrected chi connectivity index (χ2v) is 10.3. The first-order valence-electron chi connectivity index (χ1n) is 13.5. The van der Waals surface area contributed by atoms with Gasteiger partial charge in [0.1, 0.15) is 12.7 Å². The molecule has 1 fully saturated rings. The molecule has 3 heterocycles. The Morgan fingerprint density at radius 2 is 1.41 bits per heavy atom. The van der Waals surface area contributed by atoms with Crippen molar-refractivity contribution in [1.82, 2.24) is 18.7 Å². The molecule has 1 saturated heterocycles. The number of ether oxygens (including phenoxy) is 5. The van der Waals surface area contributed by atoms with Crippen molar-refractivity contribution in [2.45, 2.75) is 58.3 Å². The SMILES string of the molecule is CC(=O)OC[C@H]1O[C@@H](n2nc3n(-c4ccccc4)c(=O)c4ccccc4n3c2=S)[C@H](OC(C)=O)[C@@H](OC(C)=O)[C@H]1OC(C)=O. The number of esters is 4. The van der Waals surface area contributed by atoms with E-state index in [1.807, 2.05) is 0 Å². The Bertz CT molecular complexity index is 1880. The molecule has 0 aliphatic carbocycles. The van der Waals surface area contributed by atoms with Crippen molar-refractivity contribution in [2.75, 3.05) is 6.61 Å². The average molecular weight is 625 g/mol. The molecule has 5 atom stereocenters. The van der Waals surface area contributed by atoms with Gasteiger partial charge in [0.2, 0.25) is 10.5 Å². The summed E-state index contributed by atoms with van der Waals surface area (Å²) in [6, 6.07) is 15.6. The van der Waals surface area contributed by atoms with Crippen LogP contribution in [0.4, 0.5) is 0 Å². The lowest BCUT2D eigenvalue weighted by molar-refractivity contribution is -0.270. The van der Waals surface area contributed by atoms with Crippen molar-refractivity contribution in [3.05, 3.63) is 69.7 Å². The van der Waals surface area contributed by atoms with E-state index in [4.69, 9.17) is 35.9 Å². The van der Waals surface area contributed by atoms with Crippen LogP contribution in [-0.4, -0.2) is 73.6 Å². The van der Waals surface area contributed by atoms with Gasteiger partial charge in [-0.1, -0.05) is 30.3 Å². The average Bonchev–Trinajstić information content (AvgIpc) is 3.30. The summed E-state index contributed by atoms with van der Waals surface area (Å²) < 4.78 is 32.2. The van der Waals surface area contributed by atoms with Crippen LogP contribution in [0.5, 0.6) is 0 Å². The Kier molecular flexibility index (Phi) is 8.60. The fraction of sp³-hybridized carbons (Fsp3) is 0.345. The number of hydrogen-bond acceptors (Lipinski definition) is 12. The second kappa shape index (κ2) is 12.4. The third-order valence-corrected chi connectivity index (χ3v) is 7.15. The van der Waals surface area contributed by atoms with Crippen molar-refractivity contribution in [2.24, 2.45) is 0 Å². The van der Waals surface area contributed by atoms with E-state index >= 15 is 0 Å². The van der Waals surface area contributed by atoms with Crippen LogP contribution in [-0.2, 0) is 42.9 Å². The van der Waals surface area contributed by atoms with E-state index in [9.17, 15) is 24.0 Å². The van der Waals surface area contributed by atoms with Crippen molar-refractivity contribution in [3.8, 4) is 5.69 Å². The highest BCUT2D eigenvalue weighted by atomic mass is 32.1. The molecule has 44 heavy (non-hydrogen) atoms. The standard InChI is InChI=1S/C29H28N4O10S/c1-15(34)39-14-22-23(40-16(2)35)24(41-17(3)36)25(42-18(4)37)27(43-22)33-29(44)32-21-13-9-8-12-20(21)26(38)31(28(32)30-33)19-10-6-5-7-11-19/h5-13,22-25,27H,14H2,1-4H3/t22-,23+,24+,25-,27-/m1/s1. The fourth-order valence-electron chi connectivity index (χ4n) is 5.17. The van der Waals surface area contributed by atoms with Crippen LogP contribution in [0, 0.1) is 4.77 Å². The molecular formula is C29H28N4O10S. The Morgan fingerprint density at radius 3 is 2.05 bits per heavy atom. The van der Waals surface area contributed by atoms with Gasteiger partial charge >= 0.3 is 23.9 Å². The minimum absolute atomic E-state index is 0.0294. The maximum absolute atomic E-state index is 13.8. The number of para-hydroxylation sites is 2. The lowest BCUT2D eigenvalue weighted by Crippen LogP contribution is -2.60. The molecule has 0 radical (unpaired) electrons. The Labute approximate surface area is 254 Å². The highest BCUT2D eigenvalue weighted by Crippen LogP contribution is 2.35. The molecule has 2 aromatic carbocycles. The van der Waals surface area contributed by atoms with Crippen LogP contribution < -0.4 is 5.56 Å². The molecular weight excluding hydrogens is 596 g/mol. The van der Waals surface area contributed by atoms with Crippen LogP contribution in [0.2, 0.25) is 0 Å². The van der Waals surface area contributed by atoms with E-state index in [-0.39, 0.29) is 16.1 Å². The first-order valence-corrected chi connectivity index (χ1v) is 13.9. The van der Waals surface area contributed by atoms with Crippen molar-refractivity contribution < 1.29 is 42.9 Å². The molecule has 1 aliphatic heterocycles.